The Labute approximate surface area is 161 Å². The van der Waals surface area contributed by atoms with Crippen molar-refractivity contribution in [3.63, 3.8) is 0 Å². The number of nitrogen functional groups attached to an aromatic ring is 2. The molecule has 2 rings (SSSR count). The lowest BCUT2D eigenvalue weighted by atomic mass is 10.1. The van der Waals surface area contributed by atoms with Crippen molar-refractivity contribution in [3.8, 4) is 12.1 Å². The van der Waals surface area contributed by atoms with E-state index >= 15 is 0 Å². The average Bonchev–Trinajstić information content (AvgIpc) is 2.63. The molecular formula is C18H19N7O3. The SMILES string of the molecule is CC(=O)Nc1cc(N(C)C)ccc1N.N#Cc1cc([N+](=O)[O-])cc(C#N)c1N. The highest BCUT2D eigenvalue weighted by atomic mass is 16.6. The van der Waals surface area contributed by atoms with Crippen LogP contribution in [0.25, 0.3) is 0 Å². The summed E-state index contributed by atoms with van der Waals surface area (Å²) in [6.45, 7) is 1.46. The predicted molar refractivity (Wildman–Crippen MR) is 106 cm³/mol. The van der Waals surface area contributed by atoms with Crippen LogP contribution in [0.3, 0.4) is 0 Å². The molecule has 0 unspecified atom stereocenters. The molecule has 144 valence electrons. The lowest BCUT2D eigenvalue weighted by Gasteiger charge is -2.15. The maximum Gasteiger partial charge on any atom is 0.272 e. The van der Waals surface area contributed by atoms with Gasteiger partial charge in [0.15, 0.2) is 0 Å². The second-order valence-corrected chi connectivity index (χ2v) is 5.78. The zero-order chi connectivity index (χ0) is 21.4. The van der Waals surface area contributed by atoms with Crippen molar-refractivity contribution in [1.82, 2.24) is 0 Å². The molecule has 0 saturated carbocycles. The first-order chi connectivity index (χ1) is 13.1. The Morgan fingerprint density at radius 1 is 1.14 bits per heavy atom. The fourth-order valence-electron chi connectivity index (χ4n) is 2.05. The number of nitriles is 2. The molecule has 2 aromatic rings. The molecular weight excluding hydrogens is 362 g/mol. The summed E-state index contributed by atoms with van der Waals surface area (Å²) in [5.74, 6) is -0.118. The molecule has 1 amide bonds. The largest absolute Gasteiger partial charge is 0.397 e. The number of carbonyl (C=O) groups is 1. The number of hydrogen-bond acceptors (Lipinski definition) is 8. The van der Waals surface area contributed by atoms with Gasteiger partial charge in [0.25, 0.3) is 5.69 Å². The quantitative estimate of drug-likeness (QED) is 0.412. The highest BCUT2D eigenvalue weighted by molar-refractivity contribution is 5.93. The van der Waals surface area contributed by atoms with Crippen LogP contribution in [0.5, 0.6) is 0 Å². The Balaban J connectivity index is 0.000000280. The van der Waals surface area contributed by atoms with Gasteiger partial charge in [0.2, 0.25) is 5.91 Å². The number of nitro groups is 1. The number of rotatable bonds is 3. The summed E-state index contributed by atoms with van der Waals surface area (Å²) in [6.07, 6.45) is 0. The highest BCUT2D eigenvalue weighted by Crippen LogP contribution is 2.24. The van der Waals surface area contributed by atoms with Gasteiger partial charge >= 0.3 is 0 Å². The summed E-state index contributed by atoms with van der Waals surface area (Å²) in [4.78, 5) is 22.5. The van der Waals surface area contributed by atoms with Gasteiger partial charge in [0.1, 0.15) is 12.1 Å². The number of hydrogen-bond donors (Lipinski definition) is 3. The Kier molecular flexibility index (Phi) is 7.30. The van der Waals surface area contributed by atoms with E-state index in [1.54, 1.807) is 18.2 Å². The first-order valence-corrected chi connectivity index (χ1v) is 7.83. The molecule has 0 aliphatic carbocycles. The van der Waals surface area contributed by atoms with Crippen LogP contribution in [0.15, 0.2) is 30.3 Å². The minimum Gasteiger partial charge on any atom is -0.397 e. The zero-order valence-corrected chi connectivity index (χ0v) is 15.6. The van der Waals surface area contributed by atoms with Crippen molar-refractivity contribution < 1.29 is 9.72 Å². The summed E-state index contributed by atoms with van der Waals surface area (Å²) in [5.41, 5.74) is 12.9. The van der Waals surface area contributed by atoms with E-state index < -0.39 is 4.92 Å². The van der Waals surface area contributed by atoms with Gasteiger partial charge in [-0.25, -0.2) is 0 Å². The normalized spacial score (nSPS) is 9.18. The van der Waals surface area contributed by atoms with E-state index in [1.165, 1.54) is 6.92 Å². The molecule has 10 nitrogen and oxygen atoms in total. The van der Waals surface area contributed by atoms with Gasteiger partial charge in [-0.2, -0.15) is 10.5 Å². The number of nitrogens with two attached hydrogens (primary N) is 2. The summed E-state index contributed by atoms with van der Waals surface area (Å²) >= 11 is 0. The number of carbonyl (C=O) groups excluding carboxylic acids is 1. The predicted octanol–water partition coefficient (Wildman–Crippen LogP) is 2.21. The number of anilines is 4. The van der Waals surface area contributed by atoms with Crippen molar-refractivity contribution in [1.29, 1.82) is 10.5 Å². The van der Waals surface area contributed by atoms with Crippen LogP contribution in [-0.2, 0) is 4.79 Å². The van der Waals surface area contributed by atoms with Crippen LogP contribution < -0.4 is 21.7 Å². The molecule has 0 radical (unpaired) electrons. The lowest BCUT2D eigenvalue weighted by Crippen LogP contribution is -2.12. The molecule has 10 heteroatoms. The first kappa shape index (κ1) is 21.7. The fraction of sp³-hybridized carbons (Fsp3) is 0.167. The van der Waals surface area contributed by atoms with Gasteiger partial charge in [-0.3, -0.25) is 14.9 Å². The summed E-state index contributed by atoms with van der Waals surface area (Å²) < 4.78 is 0. The summed E-state index contributed by atoms with van der Waals surface area (Å²) in [5, 5.41) is 30.2. The van der Waals surface area contributed by atoms with E-state index in [0.29, 0.717) is 11.4 Å². The second kappa shape index (κ2) is 9.40. The molecule has 0 bridgehead atoms. The summed E-state index contributed by atoms with van der Waals surface area (Å²) in [6, 6.07) is 11.0. The van der Waals surface area contributed by atoms with Gasteiger partial charge < -0.3 is 21.7 Å². The number of benzene rings is 2. The molecule has 0 aliphatic heterocycles. The van der Waals surface area contributed by atoms with E-state index in [9.17, 15) is 14.9 Å². The zero-order valence-electron chi connectivity index (χ0n) is 15.6. The number of non-ortho nitro benzene ring substituents is 1. The Bertz CT molecular complexity index is 953. The maximum atomic E-state index is 10.9. The van der Waals surface area contributed by atoms with Crippen molar-refractivity contribution in [2.24, 2.45) is 0 Å². The molecule has 5 N–H and O–H groups in total. The third-order valence-electron chi connectivity index (χ3n) is 3.48. The van der Waals surface area contributed by atoms with Crippen LogP contribution in [0.2, 0.25) is 0 Å². The molecule has 0 heterocycles. The van der Waals surface area contributed by atoms with E-state index in [1.807, 2.05) is 31.1 Å². The van der Waals surface area contributed by atoms with Gasteiger partial charge in [-0.15, -0.1) is 0 Å². The number of nitrogens with zero attached hydrogens (tertiary/aromatic N) is 4. The maximum absolute atomic E-state index is 10.9. The van der Waals surface area contributed by atoms with E-state index in [4.69, 9.17) is 22.0 Å². The fourth-order valence-corrected chi connectivity index (χ4v) is 2.05. The smallest absolute Gasteiger partial charge is 0.272 e. The number of nitrogens with one attached hydrogen (secondary N) is 1. The second-order valence-electron chi connectivity index (χ2n) is 5.78. The molecule has 28 heavy (non-hydrogen) atoms. The molecule has 0 aromatic heterocycles. The Morgan fingerprint density at radius 2 is 1.68 bits per heavy atom. The monoisotopic (exact) mass is 381 g/mol. The highest BCUT2D eigenvalue weighted by Gasteiger charge is 2.14. The third kappa shape index (κ3) is 5.61. The van der Waals surface area contributed by atoms with E-state index in [0.717, 1.165) is 17.8 Å². The first-order valence-electron chi connectivity index (χ1n) is 7.83. The van der Waals surface area contributed by atoms with Crippen molar-refractivity contribution in [3.05, 3.63) is 51.6 Å². The molecule has 0 atom stereocenters. The van der Waals surface area contributed by atoms with Crippen molar-refractivity contribution in [2.75, 3.05) is 35.8 Å². The van der Waals surface area contributed by atoms with Crippen molar-refractivity contribution in [2.45, 2.75) is 6.92 Å². The molecule has 0 spiro atoms. The molecule has 0 fully saturated rings. The topological polar surface area (TPSA) is 175 Å². The summed E-state index contributed by atoms with van der Waals surface area (Å²) in [7, 11) is 3.87. The lowest BCUT2D eigenvalue weighted by molar-refractivity contribution is -0.384. The van der Waals surface area contributed by atoms with E-state index in [-0.39, 0.29) is 28.4 Å². The number of nitro benzene ring substituents is 1. The average molecular weight is 381 g/mol. The van der Waals surface area contributed by atoms with Crippen LogP contribution in [0.4, 0.5) is 28.4 Å². The van der Waals surface area contributed by atoms with Crippen LogP contribution in [0, 0.1) is 32.8 Å². The minimum atomic E-state index is -0.679. The third-order valence-corrected chi connectivity index (χ3v) is 3.48. The van der Waals surface area contributed by atoms with Gasteiger partial charge in [0, 0.05) is 38.8 Å². The number of amides is 1. The molecule has 0 aliphatic rings. The van der Waals surface area contributed by atoms with Gasteiger partial charge in [0.05, 0.1) is 33.1 Å². The van der Waals surface area contributed by atoms with Gasteiger partial charge in [-0.1, -0.05) is 0 Å². The van der Waals surface area contributed by atoms with Crippen molar-refractivity contribution >= 4 is 34.3 Å². The van der Waals surface area contributed by atoms with Crippen LogP contribution >= 0.6 is 0 Å². The Hall–Kier alpha value is -4.31. The van der Waals surface area contributed by atoms with E-state index in [2.05, 4.69) is 5.32 Å². The van der Waals surface area contributed by atoms with Gasteiger partial charge in [-0.05, 0) is 18.2 Å². The van der Waals surface area contributed by atoms with Crippen LogP contribution in [0.1, 0.15) is 18.1 Å². The Morgan fingerprint density at radius 3 is 2.07 bits per heavy atom. The van der Waals surface area contributed by atoms with Crippen LogP contribution in [-0.4, -0.2) is 24.9 Å². The molecule has 0 saturated heterocycles. The minimum absolute atomic E-state index is 0.0272. The standard InChI is InChI=1S/C10H15N3O.C8H4N4O2/c1-7(14)12-10-6-8(13(2)3)4-5-9(10)11;9-3-5-1-7(12(13)14)2-6(4-10)8(5)11/h4-6H,11H2,1-3H3,(H,12,14);1-2H,11H2. The molecule has 2 aromatic carbocycles.